The fourth-order valence-corrected chi connectivity index (χ4v) is 3.65. The maximum absolute atomic E-state index is 13.2. The third-order valence-electron chi connectivity index (χ3n) is 4.59. The third kappa shape index (κ3) is 7.26. The fraction of sp³-hybridized carbons (Fsp3) is 0.556. The number of hydrogen-bond acceptors (Lipinski definition) is 5. The van der Waals surface area contributed by atoms with E-state index in [9.17, 15) is 27.5 Å². The maximum atomic E-state index is 13.2. The van der Waals surface area contributed by atoms with Gasteiger partial charge < -0.3 is 15.7 Å². The highest BCUT2D eigenvalue weighted by Crippen LogP contribution is 2.25. The van der Waals surface area contributed by atoms with E-state index in [1.165, 1.54) is 12.1 Å². The van der Waals surface area contributed by atoms with Crippen LogP contribution < -0.4 is 10.6 Å². The number of benzene rings is 1. The SMILES string of the molecule is CS(=O)(=O)CCC(=O)N[C@H]1CC[C@H](C(=O)NCc2cccc(F)c2)C[C@@H]1O. The predicted molar refractivity (Wildman–Crippen MR) is 97.9 cm³/mol. The Morgan fingerprint density at radius 2 is 2.04 bits per heavy atom. The maximum Gasteiger partial charge on any atom is 0.223 e. The van der Waals surface area contributed by atoms with Crippen molar-refractivity contribution in [2.45, 2.75) is 44.4 Å². The molecule has 3 atom stereocenters. The number of aliphatic hydroxyl groups is 1. The molecule has 7 nitrogen and oxygen atoms in total. The number of aliphatic hydroxyl groups excluding tert-OH is 1. The average molecular weight is 400 g/mol. The smallest absolute Gasteiger partial charge is 0.223 e. The van der Waals surface area contributed by atoms with Gasteiger partial charge in [0.25, 0.3) is 0 Å². The van der Waals surface area contributed by atoms with Gasteiger partial charge in [0, 0.05) is 25.1 Å². The second-order valence-corrected chi connectivity index (χ2v) is 9.24. The lowest BCUT2D eigenvalue weighted by molar-refractivity contribution is -0.128. The Kier molecular flexibility index (Phi) is 7.32. The molecule has 0 radical (unpaired) electrons. The molecule has 1 aromatic carbocycles. The number of halogens is 1. The van der Waals surface area contributed by atoms with Crippen molar-refractivity contribution in [3.05, 3.63) is 35.6 Å². The Morgan fingerprint density at radius 3 is 2.67 bits per heavy atom. The molecule has 1 saturated carbocycles. The first-order valence-electron chi connectivity index (χ1n) is 8.81. The molecule has 1 aliphatic carbocycles. The molecule has 0 spiro atoms. The Hall–Kier alpha value is -2.00. The van der Waals surface area contributed by atoms with Gasteiger partial charge in [-0.3, -0.25) is 9.59 Å². The molecule has 150 valence electrons. The van der Waals surface area contributed by atoms with E-state index in [0.717, 1.165) is 6.26 Å². The zero-order valence-corrected chi connectivity index (χ0v) is 16.0. The molecular weight excluding hydrogens is 375 g/mol. The second kappa shape index (κ2) is 9.27. The average Bonchev–Trinajstić information content (AvgIpc) is 2.59. The summed E-state index contributed by atoms with van der Waals surface area (Å²) < 4.78 is 35.3. The molecule has 2 amide bonds. The molecule has 2 rings (SSSR count). The molecule has 1 aromatic rings. The molecule has 0 unspecified atom stereocenters. The summed E-state index contributed by atoms with van der Waals surface area (Å²) in [6, 6.07) is 5.45. The lowest BCUT2D eigenvalue weighted by atomic mass is 9.83. The summed E-state index contributed by atoms with van der Waals surface area (Å²) in [6.45, 7) is 0.203. The summed E-state index contributed by atoms with van der Waals surface area (Å²) in [5.74, 6) is -1.66. The van der Waals surface area contributed by atoms with E-state index in [2.05, 4.69) is 10.6 Å². The van der Waals surface area contributed by atoms with Crippen LogP contribution in [0.2, 0.25) is 0 Å². The van der Waals surface area contributed by atoms with E-state index >= 15 is 0 Å². The van der Waals surface area contributed by atoms with Gasteiger partial charge in [-0.1, -0.05) is 12.1 Å². The lowest BCUT2D eigenvalue weighted by Gasteiger charge is -2.33. The van der Waals surface area contributed by atoms with E-state index in [1.807, 2.05) is 0 Å². The van der Waals surface area contributed by atoms with Crippen LogP contribution in [0.5, 0.6) is 0 Å². The summed E-state index contributed by atoms with van der Waals surface area (Å²) in [5.41, 5.74) is 0.649. The summed E-state index contributed by atoms with van der Waals surface area (Å²) >= 11 is 0. The van der Waals surface area contributed by atoms with E-state index < -0.39 is 33.8 Å². The van der Waals surface area contributed by atoms with Crippen molar-refractivity contribution in [2.75, 3.05) is 12.0 Å². The number of nitrogens with one attached hydrogen (secondary N) is 2. The van der Waals surface area contributed by atoms with Crippen LogP contribution in [0.1, 0.15) is 31.2 Å². The van der Waals surface area contributed by atoms with Crippen molar-refractivity contribution in [1.29, 1.82) is 0 Å². The van der Waals surface area contributed by atoms with Gasteiger partial charge in [-0.25, -0.2) is 12.8 Å². The minimum atomic E-state index is -3.23. The van der Waals surface area contributed by atoms with Gasteiger partial charge in [-0.2, -0.15) is 0 Å². The number of carbonyl (C=O) groups is 2. The first kappa shape index (κ1) is 21.3. The standard InChI is InChI=1S/C18H25FN2O5S/c1-27(25,26)8-7-17(23)21-15-6-5-13(10-16(15)22)18(24)20-11-12-3-2-4-14(19)9-12/h2-4,9,13,15-16,22H,5-8,10-11H2,1H3,(H,20,24)(H,21,23)/t13-,15-,16-/m0/s1. The van der Waals surface area contributed by atoms with Crippen LogP contribution in [0.25, 0.3) is 0 Å². The number of carbonyl (C=O) groups excluding carboxylic acids is 2. The van der Waals surface area contributed by atoms with Crippen LogP contribution >= 0.6 is 0 Å². The van der Waals surface area contributed by atoms with Crippen LogP contribution in [-0.4, -0.2) is 49.5 Å². The Labute approximate surface area is 158 Å². The van der Waals surface area contributed by atoms with Crippen LogP contribution in [0, 0.1) is 11.7 Å². The Morgan fingerprint density at radius 1 is 1.30 bits per heavy atom. The van der Waals surface area contributed by atoms with Crippen molar-refractivity contribution in [2.24, 2.45) is 5.92 Å². The fourth-order valence-electron chi connectivity index (χ4n) is 3.09. The highest BCUT2D eigenvalue weighted by molar-refractivity contribution is 7.90. The zero-order valence-electron chi connectivity index (χ0n) is 15.2. The summed E-state index contributed by atoms with van der Waals surface area (Å²) in [7, 11) is -3.23. The summed E-state index contributed by atoms with van der Waals surface area (Å²) in [5, 5.41) is 15.6. The summed E-state index contributed by atoms with van der Waals surface area (Å²) in [4.78, 5) is 24.1. The molecule has 0 saturated heterocycles. The molecule has 1 fully saturated rings. The predicted octanol–water partition coefficient (Wildman–Crippen LogP) is 0.522. The topological polar surface area (TPSA) is 113 Å². The highest BCUT2D eigenvalue weighted by Gasteiger charge is 2.33. The molecule has 0 bridgehead atoms. The normalized spacial score (nSPS) is 22.9. The van der Waals surface area contributed by atoms with E-state index in [-0.39, 0.29) is 36.9 Å². The number of rotatable bonds is 7. The molecule has 0 aromatic heterocycles. The Bertz CT molecular complexity index is 784. The van der Waals surface area contributed by atoms with Crippen LogP contribution in [0.15, 0.2) is 24.3 Å². The van der Waals surface area contributed by atoms with Gasteiger partial charge in [-0.05, 0) is 37.0 Å². The molecule has 3 N–H and O–H groups in total. The quantitative estimate of drug-likeness (QED) is 0.618. The molecule has 0 aliphatic heterocycles. The van der Waals surface area contributed by atoms with Crippen molar-refractivity contribution in [3.63, 3.8) is 0 Å². The van der Waals surface area contributed by atoms with E-state index in [4.69, 9.17) is 0 Å². The molecule has 0 heterocycles. The van der Waals surface area contributed by atoms with Gasteiger partial charge in [0.05, 0.1) is 17.9 Å². The first-order valence-corrected chi connectivity index (χ1v) is 10.9. The van der Waals surface area contributed by atoms with Crippen molar-refractivity contribution in [1.82, 2.24) is 10.6 Å². The first-order chi connectivity index (χ1) is 12.6. The van der Waals surface area contributed by atoms with Gasteiger partial charge in [0.1, 0.15) is 15.7 Å². The molecule has 1 aliphatic rings. The highest BCUT2D eigenvalue weighted by atomic mass is 32.2. The largest absolute Gasteiger partial charge is 0.391 e. The Balaban J connectivity index is 1.78. The number of amides is 2. The molecule has 27 heavy (non-hydrogen) atoms. The van der Waals surface area contributed by atoms with Crippen LogP contribution in [-0.2, 0) is 26.0 Å². The van der Waals surface area contributed by atoms with Gasteiger partial charge in [-0.15, -0.1) is 0 Å². The van der Waals surface area contributed by atoms with Gasteiger partial charge in [0.2, 0.25) is 11.8 Å². The van der Waals surface area contributed by atoms with Crippen molar-refractivity contribution < 1.29 is 27.5 Å². The van der Waals surface area contributed by atoms with E-state index in [1.54, 1.807) is 12.1 Å². The molecule has 9 heteroatoms. The van der Waals surface area contributed by atoms with Crippen molar-refractivity contribution in [3.8, 4) is 0 Å². The monoisotopic (exact) mass is 400 g/mol. The lowest BCUT2D eigenvalue weighted by Crippen LogP contribution is -2.49. The van der Waals surface area contributed by atoms with E-state index in [0.29, 0.717) is 18.4 Å². The minimum Gasteiger partial charge on any atom is -0.391 e. The van der Waals surface area contributed by atoms with Crippen LogP contribution in [0.3, 0.4) is 0 Å². The third-order valence-corrected chi connectivity index (χ3v) is 5.54. The van der Waals surface area contributed by atoms with Crippen LogP contribution in [0.4, 0.5) is 4.39 Å². The number of sulfone groups is 1. The summed E-state index contributed by atoms with van der Waals surface area (Å²) in [6.07, 6.45) is 1.13. The van der Waals surface area contributed by atoms with Crippen molar-refractivity contribution >= 4 is 21.7 Å². The van der Waals surface area contributed by atoms with Gasteiger partial charge >= 0.3 is 0 Å². The molecular formula is C18H25FN2O5S. The minimum absolute atomic E-state index is 0.153. The number of hydrogen-bond donors (Lipinski definition) is 3. The van der Waals surface area contributed by atoms with Gasteiger partial charge in [0.15, 0.2) is 0 Å². The second-order valence-electron chi connectivity index (χ2n) is 6.98. The zero-order chi connectivity index (χ0) is 20.0.